The van der Waals surface area contributed by atoms with Gasteiger partial charge in [0.05, 0.1) is 13.2 Å². The zero-order chi connectivity index (χ0) is 16.8. The van der Waals surface area contributed by atoms with Crippen LogP contribution in [0.1, 0.15) is 18.4 Å². The Morgan fingerprint density at radius 3 is 2.71 bits per heavy atom. The van der Waals surface area contributed by atoms with Gasteiger partial charge in [0, 0.05) is 12.2 Å². The number of anilines is 1. The number of nitrogens with one attached hydrogen (secondary N) is 1. The summed E-state index contributed by atoms with van der Waals surface area (Å²) in [6.07, 6.45) is 0.972. The second kappa shape index (κ2) is 9.46. The molecule has 0 radical (unpaired) electrons. The number of nitrogens with two attached hydrogens (primary N) is 1. The van der Waals surface area contributed by atoms with E-state index in [0.717, 1.165) is 12.0 Å². The first-order valence-corrected chi connectivity index (χ1v) is 7.50. The number of rotatable bonds is 6. The molecule has 8 heteroatoms. The molecule has 1 aromatic carbocycles. The smallest absolute Gasteiger partial charge is 0.343 e. The lowest BCUT2D eigenvalue weighted by atomic mass is 10.1. The Bertz CT molecular complexity index is 582. The summed E-state index contributed by atoms with van der Waals surface area (Å²) in [6.45, 7) is 2.12. The van der Waals surface area contributed by atoms with Gasteiger partial charge in [-0.2, -0.15) is 0 Å². The lowest BCUT2D eigenvalue weighted by molar-refractivity contribution is -0.142. The van der Waals surface area contributed by atoms with Gasteiger partial charge in [0.25, 0.3) is 5.91 Å². The fraction of sp³-hybridized carbons (Fsp3) is 0.500. The predicted octanol–water partition coefficient (Wildman–Crippen LogP) is 1.41. The standard InChI is InChI=1S/C16H22N2O5.ClH/c1-10-7-11(22-9-15(19)21-2)3-5-13(10)18-16(20)14-6-4-12(8-17)23-14;/h3,5,7,12,14H,4,6,8-9,17H2,1-2H3,(H,18,20);1H/t12-,14+;/m1./s1. The SMILES string of the molecule is COC(=O)COc1ccc(NC(=O)[C@@H]2CC[C@H](CN)O2)c(C)c1.Cl. The first kappa shape index (κ1) is 20.2. The van der Waals surface area contributed by atoms with Gasteiger partial charge in [-0.15, -0.1) is 12.4 Å². The molecule has 1 amide bonds. The Balaban J connectivity index is 0.00000288. The van der Waals surface area contributed by atoms with Crippen LogP contribution in [-0.4, -0.2) is 44.3 Å². The van der Waals surface area contributed by atoms with Crippen molar-refractivity contribution in [2.24, 2.45) is 5.73 Å². The summed E-state index contributed by atoms with van der Waals surface area (Å²) in [5.74, 6) is -0.0913. The minimum Gasteiger partial charge on any atom is -0.482 e. The van der Waals surface area contributed by atoms with Gasteiger partial charge in [-0.25, -0.2) is 4.79 Å². The number of methoxy groups -OCH3 is 1. The molecule has 2 rings (SSSR count). The van der Waals surface area contributed by atoms with Gasteiger partial charge in [-0.1, -0.05) is 0 Å². The van der Waals surface area contributed by atoms with Crippen molar-refractivity contribution >= 4 is 30.0 Å². The maximum Gasteiger partial charge on any atom is 0.343 e. The fourth-order valence-electron chi connectivity index (χ4n) is 2.35. The molecule has 24 heavy (non-hydrogen) atoms. The van der Waals surface area contributed by atoms with E-state index in [1.54, 1.807) is 18.2 Å². The Hall–Kier alpha value is -1.83. The molecule has 0 bridgehead atoms. The Morgan fingerprint density at radius 1 is 1.38 bits per heavy atom. The molecule has 0 spiro atoms. The predicted molar refractivity (Wildman–Crippen MR) is 91.5 cm³/mol. The van der Waals surface area contributed by atoms with Crippen molar-refractivity contribution in [3.63, 3.8) is 0 Å². The number of esters is 1. The summed E-state index contributed by atoms with van der Waals surface area (Å²) in [6, 6.07) is 5.16. The summed E-state index contributed by atoms with van der Waals surface area (Å²) in [5.41, 5.74) is 7.05. The van der Waals surface area contributed by atoms with E-state index < -0.39 is 12.1 Å². The van der Waals surface area contributed by atoms with Crippen molar-refractivity contribution in [3.8, 4) is 5.75 Å². The second-order valence-corrected chi connectivity index (χ2v) is 5.39. The summed E-state index contributed by atoms with van der Waals surface area (Å²) in [5, 5.41) is 2.85. The first-order chi connectivity index (χ1) is 11.0. The van der Waals surface area contributed by atoms with E-state index >= 15 is 0 Å². The highest BCUT2D eigenvalue weighted by molar-refractivity contribution is 5.95. The van der Waals surface area contributed by atoms with Crippen LogP contribution >= 0.6 is 12.4 Å². The molecule has 1 aliphatic rings. The molecule has 1 aliphatic heterocycles. The number of benzene rings is 1. The molecular formula is C16H23ClN2O5. The molecule has 134 valence electrons. The molecule has 1 saturated heterocycles. The van der Waals surface area contributed by atoms with Gasteiger partial charge < -0.3 is 25.3 Å². The number of carbonyl (C=O) groups excluding carboxylic acids is 2. The van der Waals surface area contributed by atoms with Crippen LogP contribution in [0.3, 0.4) is 0 Å². The molecule has 7 nitrogen and oxygen atoms in total. The summed E-state index contributed by atoms with van der Waals surface area (Å²) in [7, 11) is 1.30. The van der Waals surface area contributed by atoms with E-state index in [1.165, 1.54) is 7.11 Å². The van der Waals surface area contributed by atoms with Gasteiger partial charge in [0.15, 0.2) is 6.61 Å². The van der Waals surface area contributed by atoms with Crippen LogP contribution in [0, 0.1) is 6.92 Å². The minimum atomic E-state index is -0.460. The lowest BCUT2D eigenvalue weighted by Crippen LogP contribution is -2.30. The molecule has 0 aromatic heterocycles. The van der Waals surface area contributed by atoms with E-state index in [9.17, 15) is 9.59 Å². The van der Waals surface area contributed by atoms with Crippen LogP contribution in [-0.2, 0) is 19.1 Å². The van der Waals surface area contributed by atoms with Crippen LogP contribution < -0.4 is 15.8 Å². The number of amides is 1. The van der Waals surface area contributed by atoms with Crippen LogP contribution in [0.15, 0.2) is 18.2 Å². The van der Waals surface area contributed by atoms with Crippen molar-refractivity contribution in [1.29, 1.82) is 0 Å². The maximum atomic E-state index is 12.2. The quantitative estimate of drug-likeness (QED) is 0.746. The molecule has 1 heterocycles. The third-order valence-electron chi connectivity index (χ3n) is 3.70. The van der Waals surface area contributed by atoms with E-state index in [2.05, 4.69) is 10.1 Å². The largest absolute Gasteiger partial charge is 0.482 e. The molecule has 1 fully saturated rings. The normalized spacial score (nSPS) is 19.3. The first-order valence-electron chi connectivity index (χ1n) is 7.50. The average molecular weight is 359 g/mol. The van der Waals surface area contributed by atoms with E-state index in [0.29, 0.717) is 24.4 Å². The molecule has 0 saturated carbocycles. The highest BCUT2D eigenvalue weighted by atomic mass is 35.5. The third-order valence-corrected chi connectivity index (χ3v) is 3.70. The fourth-order valence-corrected chi connectivity index (χ4v) is 2.35. The topological polar surface area (TPSA) is 99.9 Å². The number of halogens is 1. The second-order valence-electron chi connectivity index (χ2n) is 5.39. The Labute approximate surface area is 147 Å². The van der Waals surface area contributed by atoms with Crippen LogP contribution in [0.2, 0.25) is 0 Å². The van der Waals surface area contributed by atoms with Gasteiger partial charge >= 0.3 is 5.97 Å². The van der Waals surface area contributed by atoms with Crippen molar-refractivity contribution < 1.29 is 23.8 Å². The van der Waals surface area contributed by atoms with Crippen molar-refractivity contribution in [3.05, 3.63) is 23.8 Å². The van der Waals surface area contributed by atoms with Crippen LogP contribution in [0.25, 0.3) is 0 Å². The van der Waals surface area contributed by atoms with E-state index in [1.807, 2.05) is 6.92 Å². The summed E-state index contributed by atoms with van der Waals surface area (Å²) >= 11 is 0. The van der Waals surface area contributed by atoms with Crippen LogP contribution in [0.5, 0.6) is 5.75 Å². The molecule has 1 aromatic rings. The zero-order valence-corrected chi connectivity index (χ0v) is 14.6. The average Bonchev–Trinajstić information content (AvgIpc) is 3.04. The van der Waals surface area contributed by atoms with Gasteiger partial charge in [0.2, 0.25) is 0 Å². The zero-order valence-electron chi connectivity index (χ0n) is 13.7. The van der Waals surface area contributed by atoms with Gasteiger partial charge in [-0.3, -0.25) is 4.79 Å². The molecular weight excluding hydrogens is 336 g/mol. The highest BCUT2D eigenvalue weighted by Gasteiger charge is 2.30. The molecule has 0 aliphatic carbocycles. The van der Waals surface area contributed by atoms with Gasteiger partial charge in [-0.05, 0) is 43.5 Å². The number of hydrogen-bond donors (Lipinski definition) is 2. The van der Waals surface area contributed by atoms with Crippen molar-refractivity contribution in [1.82, 2.24) is 0 Å². The van der Waals surface area contributed by atoms with Gasteiger partial charge in [0.1, 0.15) is 11.9 Å². The highest BCUT2D eigenvalue weighted by Crippen LogP contribution is 2.24. The minimum absolute atomic E-state index is 0. The number of carbonyl (C=O) groups is 2. The molecule has 3 N–H and O–H groups in total. The molecule has 0 unspecified atom stereocenters. The third kappa shape index (κ3) is 5.36. The monoisotopic (exact) mass is 358 g/mol. The molecule has 2 atom stereocenters. The number of hydrogen-bond acceptors (Lipinski definition) is 6. The number of ether oxygens (including phenoxy) is 3. The van der Waals surface area contributed by atoms with Crippen molar-refractivity contribution in [2.45, 2.75) is 32.0 Å². The van der Waals surface area contributed by atoms with Crippen molar-refractivity contribution in [2.75, 3.05) is 25.6 Å². The summed E-state index contributed by atoms with van der Waals surface area (Å²) < 4.78 is 15.4. The number of aryl methyl sites for hydroxylation is 1. The summed E-state index contributed by atoms with van der Waals surface area (Å²) in [4.78, 5) is 23.3. The van der Waals surface area contributed by atoms with E-state index in [4.69, 9.17) is 15.2 Å². The van der Waals surface area contributed by atoms with Crippen LogP contribution in [0.4, 0.5) is 5.69 Å². The van der Waals surface area contributed by atoms with E-state index in [-0.39, 0.29) is 31.0 Å². The Morgan fingerprint density at radius 2 is 2.12 bits per heavy atom. The lowest BCUT2D eigenvalue weighted by Gasteiger charge is -2.15. The Kier molecular flexibility index (Phi) is 7.97. The maximum absolute atomic E-state index is 12.2.